The number of rotatable bonds is 7. The molecular formula is C23H22F2N4O4. The van der Waals surface area contributed by atoms with Crippen molar-refractivity contribution in [3.63, 3.8) is 0 Å². The van der Waals surface area contributed by atoms with Crippen LogP contribution in [0.5, 0.6) is 11.5 Å². The van der Waals surface area contributed by atoms with Gasteiger partial charge in [-0.1, -0.05) is 23.3 Å². The maximum Gasteiger partial charge on any atom is 0.316 e. The third kappa shape index (κ3) is 3.85. The van der Waals surface area contributed by atoms with Gasteiger partial charge in [-0.15, -0.1) is 5.10 Å². The third-order valence-corrected chi connectivity index (χ3v) is 6.21. The molecule has 0 bridgehead atoms. The molecule has 8 nitrogen and oxygen atoms in total. The summed E-state index contributed by atoms with van der Waals surface area (Å²) in [6.07, 6.45) is 0.830. The summed E-state index contributed by atoms with van der Waals surface area (Å²) >= 11 is 0. The Morgan fingerprint density at radius 2 is 1.82 bits per heavy atom. The van der Waals surface area contributed by atoms with E-state index in [2.05, 4.69) is 20.8 Å². The quantitative estimate of drug-likeness (QED) is 0.563. The number of hydrogen-bond donors (Lipinski definition) is 2. The Bertz CT molecular complexity index is 1180. The van der Waals surface area contributed by atoms with E-state index in [4.69, 9.17) is 13.9 Å². The van der Waals surface area contributed by atoms with Gasteiger partial charge in [0, 0.05) is 36.1 Å². The molecule has 2 unspecified atom stereocenters. The number of aromatic nitrogens is 2. The van der Waals surface area contributed by atoms with Crippen LogP contribution < -0.4 is 20.1 Å². The number of hydrogen-bond acceptors (Lipinski definition) is 7. The monoisotopic (exact) mass is 456 g/mol. The van der Waals surface area contributed by atoms with E-state index in [1.165, 1.54) is 7.11 Å². The summed E-state index contributed by atoms with van der Waals surface area (Å²) in [7, 11) is 2.95. The van der Waals surface area contributed by atoms with E-state index < -0.39 is 29.5 Å². The number of anilines is 1. The first-order valence-electron chi connectivity index (χ1n) is 10.5. The molecule has 3 aromatic rings. The number of benzene rings is 2. The van der Waals surface area contributed by atoms with E-state index in [9.17, 15) is 13.6 Å². The molecule has 0 spiro atoms. The molecule has 0 radical (unpaired) electrons. The average molecular weight is 456 g/mol. The molecule has 172 valence electrons. The van der Waals surface area contributed by atoms with E-state index >= 15 is 0 Å². The molecule has 2 fully saturated rings. The lowest BCUT2D eigenvalue weighted by molar-refractivity contribution is -0.119. The molecule has 1 aliphatic heterocycles. The second-order valence-electron chi connectivity index (χ2n) is 8.11. The van der Waals surface area contributed by atoms with Gasteiger partial charge < -0.3 is 24.5 Å². The number of para-hydroxylation sites is 1. The van der Waals surface area contributed by atoms with E-state index in [1.54, 1.807) is 7.11 Å². The van der Waals surface area contributed by atoms with Gasteiger partial charge >= 0.3 is 6.01 Å². The summed E-state index contributed by atoms with van der Waals surface area (Å²) < 4.78 is 45.3. The van der Waals surface area contributed by atoms with Crippen LogP contribution in [0.3, 0.4) is 0 Å². The number of carbonyl (C=O) groups excluding carboxylic acids is 1. The Kier molecular flexibility index (Phi) is 5.35. The molecule has 10 heteroatoms. The number of nitrogens with one attached hydrogen (secondary N) is 2. The molecule has 2 heterocycles. The lowest BCUT2D eigenvalue weighted by atomic mass is 9.93. The molecule has 1 amide bonds. The van der Waals surface area contributed by atoms with Crippen molar-refractivity contribution in [2.45, 2.75) is 30.2 Å². The Labute approximate surface area is 188 Å². The van der Waals surface area contributed by atoms with E-state index in [0.29, 0.717) is 5.89 Å². The highest BCUT2D eigenvalue weighted by Crippen LogP contribution is 2.56. The molecule has 2 aromatic carbocycles. The van der Waals surface area contributed by atoms with Crippen LogP contribution in [0.1, 0.15) is 41.2 Å². The minimum atomic E-state index is -0.972. The van der Waals surface area contributed by atoms with Crippen molar-refractivity contribution in [3.8, 4) is 11.5 Å². The van der Waals surface area contributed by atoms with Gasteiger partial charge in [-0.3, -0.25) is 4.79 Å². The predicted molar refractivity (Wildman–Crippen MR) is 113 cm³/mol. The molecule has 2 aliphatic rings. The molecule has 1 saturated heterocycles. The first kappa shape index (κ1) is 21.2. The van der Waals surface area contributed by atoms with Gasteiger partial charge in [0.05, 0.1) is 14.2 Å². The van der Waals surface area contributed by atoms with Crippen LogP contribution in [0.25, 0.3) is 0 Å². The van der Waals surface area contributed by atoms with Crippen LogP contribution in [0.4, 0.5) is 14.8 Å². The number of carbonyl (C=O) groups is 1. The molecule has 1 aliphatic carbocycles. The fourth-order valence-corrected chi connectivity index (χ4v) is 4.45. The van der Waals surface area contributed by atoms with Crippen molar-refractivity contribution in [1.82, 2.24) is 15.5 Å². The van der Waals surface area contributed by atoms with Crippen molar-refractivity contribution in [3.05, 3.63) is 65.1 Å². The molecule has 4 atom stereocenters. The van der Waals surface area contributed by atoms with Gasteiger partial charge in [-0.25, -0.2) is 8.78 Å². The second-order valence-corrected chi connectivity index (χ2v) is 8.11. The lowest BCUT2D eigenvalue weighted by Gasteiger charge is -2.19. The summed E-state index contributed by atoms with van der Waals surface area (Å²) in [6.45, 7) is 0.0656. The molecule has 1 saturated carbocycles. The molecule has 1 aromatic heterocycles. The highest BCUT2D eigenvalue weighted by atomic mass is 19.1. The van der Waals surface area contributed by atoms with Crippen LogP contribution in [0.2, 0.25) is 0 Å². The number of amides is 1. The largest absolute Gasteiger partial charge is 0.497 e. The molecule has 5 rings (SSSR count). The number of methoxy groups -OCH3 is 2. The van der Waals surface area contributed by atoms with Crippen LogP contribution in [-0.4, -0.2) is 42.9 Å². The van der Waals surface area contributed by atoms with Crippen molar-refractivity contribution < 1.29 is 27.5 Å². The number of nitrogens with zero attached hydrogens (tertiary/aromatic N) is 2. The van der Waals surface area contributed by atoms with Crippen molar-refractivity contribution in [2.24, 2.45) is 0 Å². The van der Waals surface area contributed by atoms with Gasteiger partial charge in [0.2, 0.25) is 11.8 Å². The third-order valence-electron chi connectivity index (χ3n) is 6.21. The van der Waals surface area contributed by atoms with Crippen molar-refractivity contribution in [1.29, 1.82) is 0 Å². The fourth-order valence-electron chi connectivity index (χ4n) is 4.45. The predicted octanol–water partition coefficient (Wildman–Crippen LogP) is 3.33. The second kappa shape index (κ2) is 8.34. The van der Waals surface area contributed by atoms with Gasteiger partial charge in [-0.2, -0.15) is 0 Å². The standard InChI is InChI=1S/C23H22F2N4O4/c1-31-11-7-16(24)19(17(25)8-11)15-10-26-21(30)20(15)27-23-29-28-22(33-23)14-9-13(14)12-5-3-4-6-18(12)32-2/h3-8,13-15,20H,9-10H2,1-2H3,(H,26,30)(H,27,29)/t13?,14?,15-,20-/m0/s1. The number of ether oxygens (including phenoxy) is 2. The smallest absolute Gasteiger partial charge is 0.316 e. The summed E-state index contributed by atoms with van der Waals surface area (Å²) in [5, 5.41) is 13.6. The van der Waals surface area contributed by atoms with Crippen LogP contribution in [0.15, 0.2) is 40.8 Å². The topological polar surface area (TPSA) is 98.5 Å². The molecular weight excluding hydrogens is 434 g/mol. The van der Waals surface area contributed by atoms with Gasteiger partial charge in [-0.05, 0) is 24.0 Å². The Morgan fingerprint density at radius 3 is 2.55 bits per heavy atom. The van der Waals surface area contributed by atoms with E-state index in [0.717, 1.165) is 29.9 Å². The van der Waals surface area contributed by atoms with Gasteiger partial charge in [0.1, 0.15) is 29.2 Å². The highest BCUT2D eigenvalue weighted by Gasteiger charge is 2.45. The Balaban J connectivity index is 1.33. The van der Waals surface area contributed by atoms with E-state index in [1.807, 2.05) is 24.3 Å². The minimum Gasteiger partial charge on any atom is -0.497 e. The average Bonchev–Trinajstić information content (AvgIpc) is 3.35. The first-order valence-corrected chi connectivity index (χ1v) is 10.5. The van der Waals surface area contributed by atoms with Crippen LogP contribution in [-0.2, 0) is 4.79 Å². The first-order chi connectivity index (χ1) is 16.0. The normalized spacial score (nSPS) is 23.8. The summed E-state index contributed by atoms with van der Waals surface area (Å²) in [5.74, 6) is -1.26. The minimum absolute atomic E-state index is 0.0251. The van der Waals surface area contributed by atoms with E-state index in [-0.39, 0.29) is 35.7 Å². The van der Waals surface area contributed by atoms with Gasteiger partial charge in [0.25, 0.3) is 0 Å². The zero-order valence-electron chi connectivity index (χ0n) is 18.0. The molecule has 33 heavy (non-hydrogen) atoms. The van der Waals surface area contributed by atoms with Crippen LogP contribution >= 0.6 is 0 Å². The summed E-state index contributed by atoms with van der Waals surface area (Å²) in [6, 6.07) is 9.00. The zero-order valence-corrected chi connectivity index (χ0v) is 18.0. The zero-order chi connectivity index (χ0) is 23.1. The Morgan fingerprint density at radius 1 is 1.06 bits per heavy atom. The van der Waals surface area contributed by atoms with Crippen molar-refractivity contribution in [2.75, 3.05) is 26.1 Å². The molecule has 2 N–H and O–H groups in total. The Hall–Kier alpha value is -3.69. The number of halogens is 2. The highest BCUT2D eigenvalue weighted by molar-refractivity contribution is 5.88. The fraction of sp³-hybridized carbons (Fsp3) is 0.348. The lowest BCUT2D eigenvalue weighted by Crippen LogP contribution is -2.33. The van der Waals surface area contributed by atoms with Crippen molar-refractivity contribution >= 4 is 11.9 Å². The van der Waals surface area contributed by atoms with Gasteiger partial charge in [0.15, 0.2) is 0 Å². The maximum absolute atomic E-state index is 14.6. The van der Waals surface area contributed by atoms with Crippen LogP contribution in [0, 0.1) is 11.6 Å². The SMILES string of the molecule is COc1cc(F)c([C@@H]2CNC(=O)[C@H]2Nc2nnc(C3CC3c3ccccc3OC)o2)c(F)c1. The maximum atomic E-state index is 14.6. The summed E-state index contributed by atoms with van der Waals surface area (Å²) in [5.41, 5.74) is 0.864. The summed E-state index contributed by atoms with van der Waals surface area (Å²) in [4.78, 5) is 12.4.